The molecule has 0 aromatic carbocycles. The Labute approximate surface area is 126 Å². The van der Waals surface area contributed by atoms with Crippen molar-refractivity contribution < 1.29 is 8.42 Å². The zero-order valence-corrected chi connectivity index (χ0v) is 13.9. The summed E-state index contributed by atoms with van der Waals surface area (Å²) in [7, 11) is -3.01. The highest BCUT2D eigenvalue weighted by Gasteiger charge is 2.23. The number of rotatable bonds is 5. The lowest BCUT2D eigenvalue weighted by atomic mass is 9.89. The van der Waals surface area contributed by atoms with E-state index in [0.717, 1.165) is 31.8 Å². The van der Waals surface area contributed by atoms with Gasteiger partial charge in [-0.05, 0) is 41.5 Å². The maximum absolute atomic E-state index is 11.3. The number of aromatic nitrogens is 4. The number of nitrogens with zero attached hydrogens (tertiary/aromatic N) is 5. The van der Waals surface area contributed by atoms with E-state index in [2.05, 4.69) is 34.3 Å². The van der Waals surface area contributed by atoms with E-state index in [-0.39, 0.29) is 5.75 Å². The average molecular weight is 315 g/mol. The molecule has 0 bridgehead atoms. The molecular formula is C13H25N5O2S. The van der Waals surface area contributed by atoms with Crippen LogP contribution in [0, 0.1) is 11.8 Å². The van der Waals surface area contributed by atoms with Crippen LogP contribution in [0.15, 0.2) is 0 Å². The molecule has 1 aliphatic rings. The van der Waals surface area contributed by atoms with Crippen LogP contribution >= 0.6 is 0 Å². The second-order valence-electron chi connectivity index (χ2n) is 6.25. The van der Waals surface area contributed by atoms with Gasteiger partial charge in [-0.2, -0.15) is 0 Å². The summed E-state index contributed by atoms with van der Waals surface area (Å²) in [5, 5.41) is 11.7. The van der Waals surface area contributed by atoms with Gasteiger partial charge in [-0.1, -0.05) is 18.9 Å². The van der Waals surface area contributed by atoms with Crippen molar-refractivity contribution in [1.82, 2.24) is 20.2 Å². The number of hydrogen-bond donors (Lipinski definition) is 0. The second-order valence-corrected chi connectivity index (χ2v) is 8.51. The van der Waals surface area contributed by atoms with E-state index in [1.54, 1.807) is 4.68 Å². The lowest BCUT2D eigenvalue weighted by molar-refractivity contribution is 0.351. The van der Waals surface area contributed by atoms with Crippen molar-refractivity contribution in [1.29, 1.82) is 0 Å². The summed E-state index contributed by atoms with van der Waals surface area (Å²) in [5.74, 6) is 2.21. The van der Waals surface area contributed by atoms with Crippen LogP contribution in [0.2, 0.25) is 0 Å². The van der Waals surface area contributed by atoms with Crippen molar-refractivity contribution >= 4 is 15.8 Å². The molecule has 1 atom stereocenters. The molecule has 2 rings (SSSR count). The molecule has 0 amide bonds. The number of sulfone groups is 1. The number of anilines is 1. The molecule has 21 heavy (non-hydrogen) atoms. The first-order chi connectivity index (χ1) is 9.87. The molecule has 1 saturated heterocycles. The minimum Gasteiger partial charge on any atom is -0.340 e. The highest BCUT2D eigenvalue weighted by Crippen LogP contribution is 2.26. The highest BCUT2D eigenvalue weighted by atomic mass is 32.2. The van der Waals surface area contributed by atoms with Crippen LogP contribution in [0.5, 0.6) is 0 Å². The first kappa shape index (κ1) is 16.2. The SMILES string of the molecule is CC(C)C1CCCN(c2nnnn2CCS(C)(=O)=O)CC1. The van der Waals surface area contributed by atoms with Gasteiger partial charge in [0.15, 0.2) is 0 Å². The lowest BCUT2D eigenvalue weighted by Gasteiger charge is -2.21. The van der Waals surface area contributed by atoms with Gasteiger partial charge in [0, 0.05) is 19.3 Å². The Kier molecular flexibility index (Phi) is 5.18. The molecule has 1 aliphatic heterocycles. The topological polar surface area (TPSA) is 81.0 Å². The summed E-state index contributed by atoms with van der Waals surface area (Å²) in [4.78, 5) is 2.19. The van der Waals surface area contributed by atoms with Gasteiger partial charge in [-0.25, -0.2) is 13.1 Å². The van der Waals surface area contributed by atoms with E-state index in [9.17, 15) is 8.42 Å². The molecule has 8 heteroatoms. The van der Waals surface area contributed by atoms with Crippen LogP contribution < -0.4 is 4.90 Å². The molecule has 0 saturated carbocycles. The highest BCUT2D eigenvalue weighted by molar-refractivity contribution is 7.90. The monoisotopic (exact) mass is 315 g/mol. The fourth-order valence-electron chi connectivity index (χ4n) is 2.81. The predicted molar refractivity (Wildman–Crippen MR) is 81.9 cm³/mol. The van der Waals surface area contributed by atoms with Gasteiger partial charge >= 0.3 is 0 Å². The maximum atomic E-state index is 11.3. The summed E-state index contributed by atoms with van der Waals surface area (Å²) in [6.07, 6.45) is 4.73. The van der Waals surface area contributed by atoms with Gasteiger partial charge in [0.05, 0.1) is 12.3 Å². The number of tetrazole rings is 1. The van der Waals surface area contributed by atoms with Crippen LogP contribution in [-0.4, -0.2) is 53.7 Å². The summed E-state index contributed by atoms with van der Waals surface area (Å²) in [6, 6.07) is 0. The van der Waals surface area contributed by atoms with Crippen LogP contribution in [-0.2, 0) is 16.4 Å². The van der Waals surface area contributed by atoms with Crippen LogP contribution in [0.3, 0.4) is 0 Å². The molecule has 1 fully saturated rings. The van der Waals surface area contributed by atoms with E-state index in [4.69, 9.17) is 0 Å². The standard InChI is InChI=1S/C13H25N5O2S/c1-11(2)12-5-4-7-17(8-6-12)13-14-15-16-18(13)9-10-21(3,19)20/h11-12H,4-10H2,1-3H3. The zero-order chi connectivity index (χ0) is 15.5. The van der Waals surface area contributed by atoms with Crippen molar-refractivity contribution in [3.63, 3.8) is 0 Å². The summed E-state index contributed by atoms with van der Waals surface area (Å²) >= 11 is 0. The van der Waals surface area contributed by atoms with Crippen LogP contribution in [0.1, 0.15) is 33.1 Å². The molecule has 0 spiro atoms. The quantitative estimate of drug-likeness (QED) is 0.806. The Morgan fingerprint density at radius 2 is 2.05 bits per heavy atom. The van der Waals surface area contributed by atoms with E-state index in [0.29, 0.717) is 18.4 Å². The second kappa shape index (κ2) is 6.72. The van der Waals surface area contributed by atoms with Gasteiger partial charge in [0.25, 0.3) is 0 Å². The first-order valence-electron chi connectivity index (χ1n) is 7.55. The van der Waals surface area contributed by atoms with E-state index < -0.39 is 9.84 Å². The largest absolute Gasteiger partial charge is 0.340 e. The normalized spacial score (nSPS) is 20.8. The van der Waals surface area contributed by atoms with E-state index in [1.807, 2.05) is 0 Å². The molecule has 2 heterocycles. The third kappa shape index (κ3) is 4.66. The summed E-state index contributed by atoms with van der Waals surface area (Å²) in [6.45, 7) is 6.73. The minimum absolute atomic E-state index is 0.0630. The predicted octanol–water partition coefficient (Wildman–Crippen LogP) is 0.980. The molecule has 7 nitrogen and oxygen atoms in total. The average Bonchev–Trinajstić information content (AvgIpc) is 2.71. The van der Waals surface area contributed by atoms with Crippen molar-refractivity contribution in [2.45, 2.75) is 39.7 Å². The molecular weight excluding hydrogens is 290 g/mol. The van der Waals surface area contributed by atoms with E-state index >= 15 is 0 Å². The van der Waals surface area contributed by atoms with Gasteiger partial charge in [-0.3, -0.25) is 0 Å². The van der Waals surface area contributed by atoms with Crippen LogP contribution in [0.25, 0.3) is 0 Å². The molecule has 0 radical (unpaired) electrons. The van der Waals surface area contributed by atoms with Crippen molar-refractivity contribution in [2.24, 2.45) is 11.8 Å². The molecule has 1 unspecified atom stereocenters. The Hall–Kier alpha value is -1.18. The molecule has 1 aromatic heterocycles. The third-order valence-electron chi connectivity index (χ3n) is 4.19. The van der Waals surface area contributed by atoms with Crippen LogP contribution in [0.4, 0.5) is 5.95 Å². The number of hydrogen-bond acceptors (Lipinski definition) is 6. The van der Waals surface area contributed by atoms with Gasteiger partial charge in [-0.15, -0.1) is 0 Å². The fraction of sp³-hybridized carbons (Fsp3) is 0.923. The smallest absolute Gasteiger partial charge is 0.245 e. The third-order valence-corrected chi connectivity index (χ3v) is 5.11. The Morgan fingerprint density at radius 3 is 2.71 bits per heavy atom. The lowest BCUT2D eigenvalue weighted by Crippen LogP contribution is -2.29. The van der Waals surface area contributed by atoms with Gasteiger partial charge in [0.2, 0.25) is 5.95 Å². The first-order valence-corrected chi connectivity index (χ1v) is 9.61. The Bertz CT molecular complexity index is 555. The summed E-state index contributed by atoms with van der Waals surface area (Å²) in [5.41, 5.74) is 0. The van der Waals surface area contributed by atoms with E-state index in [1.165, 1.54) is 12.7 Å². The van der Waals surface area contributed by atoms with Gasteiger partial charge < -0.3 is 4.90 Å². The van der Waals surface area contributed by atoms with Crippen molar-refractivity contribution in [3.05, 3.63) is 0 Å². The van der Waals surface area contributed by atoms with Crippen molar-refractivity contribution in [2.75, 3.05) is 30.0 Å². The maximum Gasteiger partial charge on any atom is 0.245 e. The fourth-order valence-corrected chi connectivity index (χ4v) is 3.32. The number of aryl methyl sites for hydroxylation is 1. The molecule has 0 aliphatic carbocycles. The summed E-state index contributed by atoms with van der Waals surface area (Å²) < 4.78 is 24.2. The van der Waals surface area contributed by atoms with Crippen molar-refractivity contribution in [3.8, 4) is 0 Å². The zero-order valence-electron chi connectivity index (χ0n) is 13.1. The molecule has 120 valence electrons. The molecule has 1 aromatic rings. The van der Waals surface area contributed by atoms with Gasteiger partial charge in [0.1, 0.15) is 9.84 Å². The molecule has 0 N–H and O–H groups in total. The Morgan fingerprint density at radius 1 is 1.29 bits per heavy atom. The minimum atomic E-state index is -3.01. The Balaban J connectivity index is 2.03.